The summed E-state index contributed by atoms with van der Waals surface area (Å²) in [6.45, 7) is 5.11. The average Bonchev–Trinajstić information content (AvgIpc) is 2.48. The van der Waals surface area contributed by atoms with Crippen molar-refractivity contribution in [3.63, 3.8) is 0 Å². The third-order valence-corrected chi connectivity index (χ3v) is 3.95. The summed E-state index contributed by atoms with van der Waals surface area (Å²) in [5.74, 6) is 0.659. The Balaban J connectivity index is 2.41. The molecule has 0 unspecified atom stereocenters. The summed E-state index contributed by atoms with van der Waals surface area (Å²) in [6, 6.07) is 8.29. The Kier molecular flexibility index (Phi) is 8.34. The Labute approximate surface area is 125 Å². The van der Waals surface area contributed by atoms with Gasteiger partial charge in [0.15, 0.2) is 0 Å². The summed E-state index contributed by atoms with van der Waals surface area (Å²) in [4.78, 5) is 14.6. The smallest absolute Gasteiger partial charge is 0.232 e. The van der Waals surface area contributed by atoms with Gasteiger partial charge < -0.3 is 15.0 Å². The van der Waals surface area contributed by atoms with E-state index in [9.17, 15) is 4.79 Å². The molecule has 0 aliphatic rings. The van der Waals surface area contributed by atoms with Gasteiger partial charge in [-0.1, -0.05) is 12.1 Å². The van der Waals surface area contributed by atoms with Gasteiger partial charge in [-0.15, -0.1) is 11.8 Å². The molecule has 0 saturated carbocycles. The predicted octanol–water partition coefficient (Wildman–Crippen LogP) is 1.99. The number of hydrogen-bond acceptors (Lipinski definition) is 4. The third kappa shape index (κ3) is 6.41. The predicted molar refractivity (Wildman–Crippen MR) is 84.1 cm³/mol. The molecule has 0 bridgehead atoms. The first-order valence-corrected chi connectivity index (χ1v) is 7.81. The van der Waals surface area contributed by atoms with Crippen molar-refractivity contribution in [1.82, 2.24) is 10.2 Å². The number of rotatable bonds is 9. The van der Waals surface area contributed by atoms with Crippen molar-refractivity contribution in [1.29, 1.82) is 0 Å². The van der Waals surface area contributed by atoms with Crippen molar-refractivity contribution in [2.75, 3.05) is 39.6 Å². The summed E-state index contributed by atoms with van der Waals surface area (Å²) in [5, 5.41) is 3.31. The first-order chi connectivity index (χ1) is 9.67. The first kappa shape index (κ1) is 17.0. The maximum atomic E-state index is 11.8. The first-order valence-electron chi connectivity index (χ1n) is 6.82. The minimum absolute atomic E-state index is 0.168. The van der Waals surface area contributed by atoms with Gasteiger partial charge in [0.1, 0.15) is 0 Å². The molecule has 1 rings (SSSR count). The maximum absolute atomic E-state index is 11.8. The Morgan fingerprint density at radius 3 is 2.95 bits per heavy atom. The van der Waals surface area contributed by atoms with E-state index in [0.29, 0.717) is 12.4 Å². The molecule has 1 aromatic rings. The molecule has 5 heteroatoms. The maximum Gasteiger partial charge on any atom is 0.232 e. The molecule has 0 spiro atoms. The highest BCUT2D eigenvalue weighted by Gasteiger charge is 2.07. The fraction of sp³-hybridized carbons (Fsp3) is 0.533. The van der Waals surface area contributed by atoms with Crippen LogP contribution in [0.15, 0.2) is 29.2 Å². The molecule has 0 saturated heterocycles. The quantitative estimate of drug-likeness (QED) is 0.559. The molecule has 0 radical (unpaired) electrons. The number of nitrogens with zero attached hydrogens (tertiary/aromatic N) is 1. The highest BCUT2D eigenvalue weighted by atomic mass is 32.2. The molecule has 0 aromatic heterocycles. The summed E-state index contributed by atoms with van der Waals surface area (Å²) in [5.41, 5.74) is 1.22. The number of nitrogens with one attached hydrogen (secondary N) is 1. The summed E-state index contributed by atoms with van der Waals surface area (Å²) < 4.78 is 4.99. The Bertz CT molecular complexity index is 413. The average molecular weight is 296 g/mol. The van der Waals surface area contributed by atoms with E-state index in [4.69, 9.17) is 4.74 Å². The summed E-state index contributed by atoms with van der Waals surface area (Å²) in [6.07, 6.45) is 0. The van der Waals surface area contributed by atoms with Crippen LogP contribution in [0.4, 0.5) is 0 Å². The molecular formula is C15H24N2O2S. The zero-order valence-electron chi connectivity index (χ0n) is 12.5. The van der Waals surface area contributed by atoms with Gasteiger partial charge in [0.25, 0.3) is 0 Å². The third-order valence-electron chi connectivity index (χ3n) is 2.97. The molecule has 1 amide bonds. The highest BCUT2D eigenvalue weighted by molar-refractivity contribution is 8.00. The fourth-order valence-electron chi connectivity index (χ4n) is 1.58. The number of methoxy groups -OCH3 is 1. The number of benzene rings is 1. The fourth-order valence-corrected chi connectivity index (χ4v) is 2.50. The second-order valence-electron chi connectivity index (χ2n) is 4.51. The van der Waals surface area contributed by atoms with Crippen LogP contribution in [0.5, 0.6) is 0 Å². The molecule has 0 atom stereocenters. The number of hydrogen-bond donors (Lipinski definition) is 1. The van der Waals surface area contributed by atoms with E-state index in [0.717, 1.165) is 24.5 Å². The van der Waals surface area contributed by atoms with Gasteiger partial charge in [0, 0.05) is 38.7 Å². The number of carbonyl (C=O) groups is 1. The molecule has 0 aliphatic carbocycles. The monoisotopic (exact) mass is 296 g/mol. The highest BCUT2D eigenvalue weighted by Crippen LogP contribution is 2.19. The largest absolute Gasteiger partial charge is 0.383 e. The number of amides is 1. The summed E-state index contributed by atoms with van der Waals surface area (Å²) >= 11 is 1.59. The molecule has 0 aliphatic heterocycles. The second kappa shape index (κ2) is 9.80. The molecule has 0 fully saturated rings. The van der Waals surface area contributed by atoms with Crippen LogP contribution in [0.2, 0.25) is 0 Å². The number of ether oxygens (including phenoxy) is 1. The van der Waals surface area contributed by atoms with Crippen molar-refractivity contribution in [3.8, 4) is 0 Å². The Hall–Kier alpha value is -1.04. The van der Waals surface area contributed by atoms with E-state index in [1.807, 2.05) is 26.1 Å². The number of thioether (sulfide) groups is 1. The molecule has 20 heavy (non-hydrogen) atoms. The van der Waals surface area contributed by atoms with Crippen molar-refractivity contribution in [2.24, 2.45) is 0 Å². The molecular weight excluding hydrogens is 272 g/mol. The van der Waals surface area contributed by atoms with Gasteiger partial charge in [0.2, 0.25) is 5.91 Å². The lowest BCUT2D eigenvalue weighted by molar-refractivity contribution is -0.126. The molecule has 0 heterocycles. The lowest BCUT2D eigenvalue weighted by Gasteiger charge is -2.14. The van der Waals surface area contributed by atoms with Gasteiger partial charge in [-0.2, -0.15) is 0 Å². The molecule has 112 valence electrons. The van der Waals surface area contributed by atoms with Crippen LogP contribution in [-0.2, 0) is 16.1 Å². The van der Waals surface area contributed by atoms with Crippen LogP contribution in [0, 0.1) is 0 Å². The Morgan fingerprint density at radius 2 is 2.25 bits per heavy atom. The van der Waals surface area contributed by atoms with Gasteiger partial charge in [-0.3, -0.25) is 4.79 Å². The lowest BCUT2D eigenvalue weighted by Crippen LogP contribution is -2.27. The van der Waals surface area contributed by atoms with Crippen LogP contribution in [-0.4, -0.2) is 50.4 Å². The van der Waals surface area contributed by atoms with E-state index >= 15 is 0 Å². The van der Waals surface area contributed by atoms with Crippen molar-refractivity contribution < 1.29 is 9.53 Å². The van der Waals surface area contributed by atoms with Crippen LogP contribution < -0.4 is 5.32 Å². The van der Waals surface area contributed by atoms with E-state index in [1.54, 1.807) is 23.8 Å². The second-order valence-corrected chi connectivity index (χ2v) is 5.56. The standard InChI is InChI=1S/C15H24N2O2S/c1-4-17(2)15(18)12-20-14-7-5-6-13(10-14)11-16-8-9-19-3/h5-7,10,16H,4,8-9,11-12H2,1-3H3. The lowest BCUT2D eigenvalue weighted by atomic mass is 10.2. The zero-order chi connectivity index (χ0) is 14.8. The van der Waals surface area contributed by atoms with E-state index in [1.165, 1.54) is 5.56 Å². The zero-order valence-corrected chi connectivity index (χ0v) is 13.3. The van der Waals surface area contributed by atoms with Gasteiger partial charge in [0.05, 0.1) is 12.4 Å². The van der Waals surface area contributed by atoms with Crippen molar-refractivity contribution in [2.45, 2.75) is 18.4 Å². The molecule has 1 N–H and O–H groups in total. The molecule has 1 aromatic carbocycles. The van der Waals surface area contributed by atoms with Crippen LogP contribution in [0.25, 0.3) is 0 Å². The molecule has 4 nitrogen and oxygen atoms in total. The summed E-state index contributed by atoms with van der Waals surface area (Å²) in [7, 11) is 3.53. The van der Waals surface area contributed by atoms with Crippen LogP contribution in [0.3, 0.4) is 0 Å². The Morgan fingerprint density at radius 1 is 1.45 bits per heavy atom. The van der Waals surface area contributed by atoms with E-state index < -0.39 is 0 Å². The van der Waals surface area contributed by atoms with Crippen molar-refractivity contribution >= 4 is 17.7 Å². The van der Waals surface area contributed by atoms with Crippen molar-refractivity contribution in [3.05, 3.63) is 29.8 Å². The van der Waals surface area contributed by atoms with E-state index in [2.05, 4.69) is 17.4 Å². The van der Waals surface area contributed by atoms with Gasteiger partial charge in [-0.05, 0) is 24.6 Å². The minimum Gasteiger partial charge on any atom is -0.383 e. The number of carbonyl (C=O) groups excluding carboxylic acids is 1. The van der Waals surface area contributed by atoms with Crippen LogP contribution in [0.1, 0.15) is 12.5 Å². The van der Waals surface area contributed by atoms with Crippen LogP contribution >= 0.6 is 11.8 Å². The topological polar surface area (TPSA) is 41.6 Å². The van der Waals surface area contributed by atoms with E-state index in [-0.39, 0.29) is 5.91 Å². The SMILES string of the molecule is CCN(C)C(=O)CSc1cccc(CNCCOC)c1. The minimum atomic E-state index is 0.168. The van der Waals surface area contributed by atoms with Gasteiger partial charge in [-0.25, -0.2) is 0 Å². The van der Waals surface area contributed by atoms with Gasteiger partial charge >= 0.3 is 0 Å². The normalized spacial score (nSPS) is 10.6.